The Kier molecular flexibility index (Phi) is 6.16. The number of rotatable bonds is 5. The minimum Gasteiger partial charge on any atom is -0.492 e. The third kappa shape index (κ3) is 4.71. The minimum atomic E-state index is -5.08. The smallest absolute Gasteiger partial charge is 0.416 e. The molecule has 2 aliphatic rings. The average molecular weight is 554 g/mol. The molecule has 3 aromatic rings. The van der Waals surface area contributed by atoms with E-state index in [2.05, 4.69) is 15.2 Å². The molecule has 0 spiro atoms. The first-order valence-electron chi connectivity index (χ1n) is 11.0. The number of carboxylic acids is 1. The predicted octanol–water partition coefficient (Wildman–Crippen LogP) is 3.96. The molecular weight excluding hydrogens is 538 g/mol. The molecule has 0 radical (unpaired) electrons. The Hall–Kier alpha value is -3.94. The molecule has 7 nitrogen and oxygen atoms in total. The number of aromatic hydroxyl groups is 1. The van der Waals surface area contributed by atoms with Crippen molar-refractivity contribution in [2.75, 3.05) is 11.4 Å². The Labute approximate surface area is 213 Å². The van der Waals surface area contributed by atoms with Crippen molar-refractivity contribution in [3.63, 3.8) is 0 Å². The molecule has 1 fully saturated rings. The maximum Gasteiger partial charge on any atom is 0.416 e. The summed E-state index contributed by atoms with van der Waals surface area (Å²) in [7, 11) is 0. The zero-order chi connectivity index (χ0) is 27.4. The first kappa shape index (κ1) is 25.7. The first-order valence-corrected chi connectivity index (χ1v) is 11.9. The number of hydrogen-bond donors (Lipinski definition) is 2. The van der Waals surface area contributed by atoms with E-state index in [1.165, 1.54) is 11.1 Å². The summed E-state index contributed by atoms with van der Waals surface area (Å²) < 4.78 is 81.2. The molecule has 0 unspecified atom stereocenters. The van der Waals surface area contributed by atoms with Crippen molar-refractivity contribution in [1.82, 2.24) is 4.98 Å². The molecule has 0 saturated carbocycles. The number of halogens is 6. The van der Waals surface area contributed by atoms with E-state index in [4.69, 9.17) is 0 Å². The highest BCUT2D eigenvalue weighted by Crippen LogP contribution is 2.42. The lowest BCUT2D eigenvalue weighted by molar-refractivity contribution is -0.143. The molecule has 2 aromatic carbocycles. The van der Waals surface area contributed by atoms with Gasteiger partial charge in [-0.25, -0.2) is 4.79 Å². The van der Waals surface area contributed by atoms with Crippen molar-refractivity contribution in [3.8, 4) is 5.88 Å². The Balaban J connectivity index is 1.67. The van der Waals surface area contributed by atoms with Crippen molar-refractivity contribution in [2.24, 2.45) is 10.2 Å². The van der Waals surface area contributed by atoms with E-state index in [1.54, 1.807) is 18.2 Å². The highest BCUT2D eigenvalue weighted by Gasteiger charge is 2.39. The predicted molar refractivity (Wildman–Crippen MR) is 125 cm³/mol. The molecule has 2 aliphatic heterocycles. The van der Waals surface area contributed by atoms with E-state index in [0.29, 0.717) is 35.2 Å². The summed E-state index contributed by atoms with van der Waals surface area (Å²) >= 11 is 0.887. The minimum absolute atomic E-state index is 0.0656. The molecule has 198 valence electrons. The van der Waals surface area contributed by atoms with Gasteiger partial charge < -0.3 is 15.1 Å². The van der Waals surface area contributed by atoms with Gasteiger partial charge in [-0.05, 0) is 47.0 Å². The molecule has 1 saturated heterocycles. The van der Waals surface area contributed by atoms with Crippen LogP contribution in [0.25, 0.3) is 5.57 Å². The number of hydrogen-bond acceptors (Lipinski definition) is 7. The zero-order valence-corrected chi connectivity index (χ0v) is 19.8. The number of aromatic nitrogens is 1. The molecule has 2 N–H and O–H groups in total. The fourth-order valence-corrected chi connectivity index (χ4v) is 5.36. The Morgan fingerprint density at radius 2 is 1.84 bits per heavy atom. The van der Waals surface area contributed by atoms with Crippen molar-refractivity contribution >= 4 is 34.2 Å². The van der Waals surface area contributed by atoms with Gasteiger partial charge in [-0.3, -0.25) is 0 Å². The zero-order valence-electron chi connectivity index (χ0n) is 19.0. The summed E-state index contributed by atoms with van der Waals surface area (Å²) in [6, 6.07) is 5.26. The molecule has 14 heteroatoms. The number of carbonyl (C=O) groups is 1. The van der Waals surface area contributed by atoms with Crippen LogP contribution < -0.4 is 15.5 Å². The van der Waals surface area contributed by atoms with Crippen LogP contribution in [0.4, 0.5) is 31.5 Å². The number of aliphatic carboxylic acids is 1. The van der Waals surface area contributed by atoms with Crippen LogP contribution in [-0.2, 0) is 23.6 Å². The number of benzene rings is 2. The molecule has 5 rings (SSSR count). The maximum absolute atomic E-state index is 13.9. The fourth-order valence-electron chi connectivity index (χ4n) is 4.26. The van der Waals surface area contributed by atoms with Gasteiger partial charge in [0.2, 0.25) is 5.88 Å². The van der Waals surface area contributed by atoms with E-state index in [9.17, 15) is 41.4 Å². The lowest BCUT2D eigenvalue weighted by atomic mass is 9.94. The molecule has 1 aromatic heterocycles. The normalized spacial score (nSPS) is 17.6. The molecule has 3 heterocycles. The largest absolute Gasteiger partial charge is 0.492 e. The first-order chi connectivity index (χ1) is 17.8. The highest BCUT2D eigenvalue weighted by atomic mass is 32.1. The Bertz CT molecular complexity index is 1600. The van der Waals surface area contributed by atoms with Crippen molar-refractivity contribution in [1.29, 1.82) is 0 Å². The van der Waals surface area contributed by atoms with Crippen LogP contribution in [0.2, 0.25) is 0 Å². The van der Waals surface area contributed by atoms with Crippen LogP contribution in [0.5, 0.6) is 5.88 Å². The van der Waals surface area contributed by atoms with Crippen LogP contribution in [0.3, 0.4) is 0 Å². The molecule has 0 bridgehead atoms. The number of nitrogens with zero attached hydrogens (tertiary/aromatic N) is 4. The summed E-state index contributed by atoms with van der Waals surface area (Å²) in [6.07, 6.45) is -8.77. The van der Waals surface area contributed by atoms with Gasteiger partial charge in [0, 0.05) is 18.5 Å². The Morgan fingerprint density at radius 3 is 2.47 bits per heavy atom. The van der Waals surface area contributed by atoms with Crippen molar-refractivity contribution in [3.05, 3.63) is 74.1 Å². The molecular formula is C24H16F6N4O3S. The van der Waals surface area contributed by atoms with E-state index in [0.717, 1.165) is 17.4 Å². The van der Waals surface area contributed by atoms with Gasteiger partial charge in [-0.15, -0.1) is 0 Å². The third-order valence-corrected chi connectivity index (χ3v) is 7.41. The standard InChI is InChI=1S/C24H16F6N4O3S/c25-23(26,27)14-3-1-12(16(9-14)24(28,29)30)8-15(11-2-4-17-13(7-11)10-31-33-17)19-20(35)32-22(38-19)34-6-5-18(34)21(36)37/h1-4,7,9-10,18,35H,5-6,8H2,(H,36,37)/t18-/m0/s1. The summed E-state index contributed by atoms with van der Waals surface area (Å²) in [6.45, 7) is 0.354. The van der Waals surface area contributed by atoms with E-state index in [1.807, 2.05) is 0 Å². The van der Waals surface area contributed by atoms with Gasteiger partial charge in [0.05, 0.1) is 27.6 Å². The van der Waals surface area contributed by atoms with Gasteiger partial charge in [0.1, 0.15) is 6.04 Å². The monoisotopic (exact) mass is 554 g/mol. The molecule has 0 aliphatic carbocycles. The highest BCUT2D eigenvalue weighted by molar-refractivity contribution is 7.17. The summed E-state index contributed by atoms with van der Waals surface area (Å²) in [5, 5.41) is 28.8. The summed E-state index contributed by atoms with van der Waals surface area (Å²) in [5.41, 5.74) is -2.62. The van der Waals surface area contributed by atoms with Crippen LogP contribution >= 0.6 is 11.3 Å². The number of anilines is 1. The lowest BCUT2D eigenvalue weighted by Gasteiger charge is -2.37. The van der Waals surface area contributed by atoms with E-state index >= 15 is 0 Å². The van der Waals surface area contributed by atoms with Crippen LogP contribution in [0.1, 0.15) is 33.6 Å². The second-order valence-electron chi connectivity index (χ2n) is 8.63. The average Bonchev–Trinajstić information content (AvgIpc) is 3.41. The van der Waals surface area contributed by atoms with E-state index in [-0.39, 0.29) is 21.6 Å². The second-order valence-corrected chi connectivity index (χ2v) is 9.60. The van der Waals surface area contributed by atoms with E-state index < -0.39 is 53.4 Å². The molecule has 38 heavy (non-hydrogen) atoms. The summed E-state index contributed by atoms with van der Waals surface area (Å²) in [4.78, 5) is 17.0. The van der Waals surface area contributed by atoms with Gasteiger partial charge in [0.25, 0.3) is 0 Å². The number of carboxylic acid groups (broad SMARTS) is 1. The quantitative estimate of drug-likeness (QED) is 0.466. The lowest BCUT2D eigenvalue weighted by Crippen LogP contribution is -2.52. The Morgan fingerprint density at radius 1 is 1.08 bits per heavy atom. The number of fused-ring (bicyclic) bond motifs is 1. The third-order valence-electron chi connectivity index (χ3n) is 6.27. The topological polar surface area (TPSA) is 98.4 Å². The van der Waals surface area contributed by atoms with Crippen molar-refractivity contribution in [2.45, 2.75) is 31.2 Å². The van der Waals surface area contributed by atoms with Gasteiger partial charge in [-0.2, -0.15) is 41.5 Å². The van der Waals surface area contributed by atoms with Gasteiger partial charge >= 0.3 is 18.3 Å². The van der Waals surface area contributed by atoms with Crippen LogP contribution in [0, 0.1) is 0 Å². The summed E-state index contributed by atoms with van der Waals surface area (Å²) in [5.74, 6) is -1.62. The number of thiazole rings is 1. The maximum atomic E-state index is 13.9. The van der Waals surface area contributed by atoms with Gasteiger partial charge in [0.15, 0.2) is 5.13 Å². The van der Waals surface area contributed by atoms with Crippen LogP contribution in [0.15, 0.2) is 46.6 Å². The fraction of sp³-hybridized carbons (Fsp3) is 0.250. The van der Waals surface area contributed by atoms with Crippen molar-refractivity contribution < 1.29 is 41.4 Å². The SMILES string of the molecule is O=C(O)[C@@H]1CCN1c1nc(O)c(C(Cc2ccc(C(F)(F)F)cc2C(F)(F)F)=c2ccc3c(c2)C=NN=3)s1. The van der Waals surface area contributed by atoms with Crippen LogP contribution in [-0.4, -0.2) is 40.0 Å². The van der Waals surface area contributed by atoms with Gasteiger partial charge in [-0.1, -0.05) is 23.5 Å². The molecule has 0 amide bonds. The second kappa shape index (κ2) is 9.11. The number of alkyl halides is 6. The molecule has 1 atom stereocenters.